The standard InChI is InChI=1S/C13H19NO2/c1-10(9-14-2)7-11-3-4-12-13(8-11)16-6-5-15-12/h3-4,8,10,14H,5-7,9H2,1-2H3. The molecule has 1 aromatic carbocycles. The molecule has 0 aliphatic carbocycles. The van der Waals surface area contributed by atoms with Crippen molar-refractivity contribution in [3.05, 3.63) is 23.8 Å². The summed E-state index contributed by atoms with van der Waals surface area (Å²) in [6, 6.07) is 6.23. The van der Waals surface area contributed by atoms with Crippen molar-refractivity contribution < 1.29 is 9.47 Å². The molecule has 0 radical (unpaired) electrons. The van der Waals surface area contributed by atoms with Crippen LogP contribution in [0, 0.1) is 5.92 Å². The Morgan fingerprint density at radius 1 is 1.25 bits per heavy atom. The summed E-state index contributed by atoms with van der Waals surface area (Å²) in [7, 11) is 1.99. The van der Waals surface area contributed by atoms with Crippen LogP contribution in [0.4, 0.5) is 0 Å². The van der Waals surface area contributed by atoms with Crippen molar-refractivity contribution in [3.8, 4) is 11.5 Å². The Kier molecular flexibility index (Phi) is 3.67. The highest BCUT2D eigenvalue weighted by Crippen LogP contribution is 2.31. The van der Waals surface area contributed by atoms with E-state index in [1.54, 1.807) is 0 Å². The zero-order valence-corrected chi connectivity index (χ0v) is 9.95. The Balaban J connectivity index is 2.05. The van der Waals surface area contributed by atoms with Gasteiger partial charge in [-0.2, -0.15) is 0 Å². The van der Waals surface area contributed by atoms with E-state index in [9.17, 15) is 0 Å². The predicted octanol–water partition coefficient (Wildman–Crippen LogP) is 1.86. The average Bonchev–Trinajstić information content (AvgIpc) is 2.29. The minimum atomic E-state index is 0.632. The Labute approximate surface area is 96.8 Å². The number of benzene rings is 1. The lowest BCUT2D eigenvalue weighted by Crippen LogP contribution is -2.18. The summed E-state index contributed by atoms with van der Waals surface area (Å²) in [4.78, 5) is 0. The molecule has 1 N–H and O–H groups in total. The smallest absolute Gasteiger partial charge is 0.161 e. The zero-order valence-electron chi connectivity index (χ0n) is 9.95. The third-order valence-electron chi connectivity index (χ3n) is 2.74. The second-order valence-corrected chi connectivity index (χ2v) is 4.34. The van der Waals surface area contributed by atoms with Crippen LogP contribution in [0.15, 0.2) is 18.2 Å². The molecule has 0 saturated carbocycles. The Bertz CT molecular complexity index is 352. The second kappa shape index (κ2) is 5.21. The number of ether oxygens (including phenoxy) is 2. The zero-order chi connectivity index (χ0) is 11.4. The number of hydrogen-bond donors (Lipinski definition) is 1. The van der Waals surface area contributed by atoms with Crippen LogP contribution in [-0.2, 0) is 6.42 Å². The van der Waals surface area contributed by atoms with Crippen LogP contribution in [0.2, 0.25) is 0 Å². The Hall–Kier alpha value is -1.22. The highest BCUT2D eigenvalue weighted by Gasteiger charge is 2.12. The first-order valence-electron chi connectivity index (χ1n) is 5.82. The highest BCUT2D eigenvalue weighted by atomic mass is 16.6. The van der Waals surface area contributed by atoms with Crippen molar-refractivity contribution in [2.45, 2.75) is 13.3 Å². The van der Waals surface area contributed by atoms with Crippen LogP contribution < -0.4 is 14.8 Å². The summed E-state index contributed by atoms with van der Waals surface area (Å²) in [5.74, 6) is 2.39. The molecule has 0 amide bonds. The molecule has 1 atom stereocenters. The molecule has 88 valence electrons. The van der Waals surface area contributed by atoms with Crippen molar-refractivity contribution in [3.63, 3.8) is 0 Å². The molecular formula is C13H19NO2. The van der Waals surface area contributed by atoms with Gasteiger partial charge in [-0.3, -0.25) is 0 Å². The molecule has 1 aliphatic rings. The summed E-state index contributed by atoms with van der Waals surface area (Å²) in [5, 5.41) is 3.19. The van der Waals surface area contributed by atoms with E-state index in [2.05, 4.69) is 24.4 Å². The van der Waals surface area contributed by atoms with E-state index in [0.717, 1.165) is 24.5 Å². The molecule has 1 heterocycles. The van der Waals surface area contributed by atoms with Crippen molar-refractivity contribution in [2.24, 2.45) is 5.92 Å². The quantitative estimate of drug-likeness (QED) is 0.841. The van der Waals surface area contributed by atoms with E-state index >= 15 is 0 Å². The Morgan fingerprint density at radius 2 is 2.00 bits per heavy atom. The van der Waals surface area contributed by atoms with Crippen LogP contribution in [-0.4, -0.2) is 26.8 Å². The molecule has 0 fully saturated rings. The van der Waals surface area contributed by atoms with Gasteiger partial charge in [0.1, 0.15) is 13.2 Å². The van der Waals surface area contributed by atoms with Gasteiger partial charge in [-0.25, -0.2) is 0 Å². The van der Waals surface area contributed by atoms with Crippen LogP contribution >= 0.6 is 0 Å². The van der Waals surface area contributed by atoms with E-state index in [4.69, 9.17) is 9.47 Å². The van der Waals surface area contributed by atoms with Gasteiger partial charge in [0, 0.05) is 0 Å². The highest BCUT2D eigenvalue weighted by molar-refractivity contribution is 5.43. The molecule has 1 unspecified atom stereocenters. The van der Waals surface area contributed by atoms with Crippen molar-refractivity contribution in [2.75, 3.05) is 26.8 Å². The molecule has 3 heteroatoms. The van der Waals surface area contributed by atoms with E-state index in [-0.39, 0.29) is 0 Å². The Morgan fingerprint density at radius 3 is 2.75 bits per heavy atom. The summed E-state index contributed by atoms with van der Waals surface area (Å²) in [6.07, 6.45) is 1.07. The van der Waals surface area contributed by atoms with E-state index in [0.29, 0.717) is 19.1 Å². The fourth-order valence-electron chi connectivity index (χ4n) is 2.04. The van der Waals surface area contributed by atoms with Gasteiger partial charge in [0.25, 0.3) is 0 Å². The molecule has 1 aromatic rings. The molecule has 0 aromatic heterocycles. The second-order valence-electron chi connectivity index (χ2n) is 4.34. The SMILES string of the molecule is CNCC(C)Cc1ccc2c(c1)OCCO2. The minimum absolute atomic E-state index is 0.632. The maximum Gasteiger partial charge on any atom is 0.161 e. The lowest BCUT2D eigenvalue weighted by Gasteiger charge is -2.19. The van der Waals surface area contributed by atoms with Crippen LogP contribution in [0.5, 0.6) is 11.5 Å². The van der Waals surface area contributed by atoms with Crippen molar-refractivity contribution >= 4 is 0 Å². The van der Waals surface area contributed by atoms with Gasteiger partial charge in [0.15, 0.2) is 11.5 Å². The topological polar surface area (TPSA) is 30.5 Å². The number of nitrogens with one attached hydrogen (secondary N) is 1. The van der Waals surface area contributed by atoms with Gasteiger partial charge in [0.05, 0.1) is 0 Å². The molecular weight excluding hydrogens is 202 g/mol. The molecule has 2 rings (SSSR count). The lowest BCUT2D eigenvalue weighted by atomic mass is 10.0. The van der Waals surface area contributed by atoms with Gasteiger partial charge in [-0.05, 0) is 43.6 Å². The fourth-order valence-corrected chi connectivity index (χ4v) is 2.04. The van der Waals surface area contributed by atoms with Crippen LogP contribution in [0.1, 0.15) is 12.5 Å². The molecule has 3 nitrogen and oxygen atoms in total. The average molecular weight is 221 g/mol. The third kappa shape index (κ3) is 2.67. The van der Waals surface area contributed by atoms with Gasteiger partial charge in [-0.1, -0.05) is 13.0 Å². The van der Waals surface area contributed by atoms with Crippen LogP contribution in [0.25, 0.3) is 0 Å². The number of hydrogen-bond acceptors (Lipinski definition) is 3. The van der Waals surface area contributed by atoms with Gasteiger partial charge in [-0.15, -0.1) is 0 Å². The summed E-state index contributed by atoms with van der Waals surface area (Å²) in [6.45, 7) is 4.59. The summed E-state index contributed by atoms with van der Waals surface area (Å²) in [5.41, 5.74) is 1.31. The summed E-state index contributed by atoms with van der Waals surface area (Å²) >= 11 is 0. The van der Waals surface area contributed by atoms with Crippen molar-refractivity contribution in [1.82, 2.24) is 5.32 Å². The van der Waals surface area contributed by atoms with Gasteiger partial charge in [0.2, 0.25) is 0 Å². The van der Waals surface area contributed by atoms with Gasteiger partial charge < -0.3 is 14.8 Å². The normalized spacial score (nSPS) is 15.9. The molecule has 0 saturated heterocycles. The van der Waals surface area contributed by atoms with E-state index < -0.39 is 0 Å². The molecule has 0 bridgehead atoms. The van der Waals surface area contributed by atoms with Crippen LogP contribution in [0.3, 0.4) is 0 Å². The van der Waals surface area contributed by atoms with Gasteiger partial charge >= 0.3 is 0 Å². The lowest BCUT2D eigenvalue weighted by molar-refractivity contribution is 0.171. The van der Waals surface area contributed by atoms with Crippen molar-refractivity contribution in [1.29, 1.82) is 0 Å². The first kappa shape index (κ1) is 11.3. The maximum atomic E-state index is 5.57. The largest absolute Gasteiger partial charge is 0.486 e. The number of rotatable bonds is 4. The van der Waals surface area contributed by atoms with E-state index in [1.165, 1.54) is 5.56 Å². The third-order valence-corrected chi connectivity index (χ3v) is 2.74. The van der Waals surface area contributed by atoms with E-state index in [1.807, 2.05) is 13.1 Å². The molecule has 1 aliphatic heterocycles. The molecule has 0 spiro atoms. The molecule has 16 heavy (non-hydrogen) atoms. The summed E-state index contributed by atoms with van der Waals surface area (Å²) < 4.78 is 11.1. The predicted molar refractivity (Wildman–Crippen MR) is 64.2 cm³/mol. The maximum absolute atomic E-state index is 5.57. The first-order chi connectivity index (χ1) is 7.79. The fraction of sp³-hybridized carbons (Fsp3) is 0.538. The monoisotopic (exact) mass is 221 g/mol. The number of fused-ring (bicyclic) bond motifs is 1. The minimum Gasteiger partial charge on any atom is -0.486 e. The first-order valence-corrected chi connectivity index (χ1v) is 5.82.